The van der Waals surface area contributed by atoms with Gasteiger partial charge in [-0.05, 0) is 67.2 Å². The Bertz CT molecular complexity index is 788. The number of rotatable bonds is 2. The summed E-state index contributed by atoms with van der Waals surface area (Å²) in [5.74, 6) is -2.72. The lowest BCUT2D eigenvalue weighted by atomic mass is 10.2. The third-order valence-electron chi connectivity index (χ3n) is 4.79. The molecule has 0 aliphatic carbocycles. The summed E-state index contributed by atoms with van der Waals surface area (Å²) >= 11 is 0. The Hall–Kier alpha value is -3.18. The number of hydrogen-bond acceptors (Lipinski definition) is 10. The van der Waals surface area contributed by atoms with Gasteiger partial charge in [-0.3, -0.25) is 19.4 Å². The lowest BCUT2D eigenvalue weighted by molar-refractivity contribution is -0.166. The first-order valence-electron chi connectivity index (χ1n) is 11.8. The minimum absolute atomic E-state index is 0.357. The highest BCUT2D eigenvalue weighted by Crippen LogP contribution is 2.25. The predicted octanol–water partition coefficient (Wildman–Crippen LogP) is 2.95. The van der Waals surface area contributed by atoms with E-state index >= 15 is 0 Å². The van der Waals surface area contributed by atoms with E-state index in [0.29, 0.717) is 38.8 Å². The molecular formula is C24H38N2O10. The number of amides is 2. The van der Waals surface area contributed by atoms with E-state index in [1.54, 1.807) is 41.5 Å². The lowest BCUT2D eigenvalue weighted by Crippen LogP contribution is -2.47. The van der Waals surface area contributed by atoms with Crippen molar-refractivity contribution in [2.75, 3.05) is 13.1 Å². The summed E-state index contributed by atoms with van der Waals surface area (Å²) in [5, 5.41) is 0. The average Bonchev–Trinajstić information content (AvgIpc) is 3.34. The fourth-order valence-electron chi connectivity index (χ4n) is 3.54. The Morgan fingerprint density at radius 1 is 0.611 bits per heavy atom. The molecule has 0 radical (unpaired) electrons. The minimum atomic E-state index is -0.870. The zero-order valence-corrected chi connectivity index (χ0v) is 22.4. The van der Waals surface area contributed by atoms with Crippen LogP contribution in [0.1, 0.15) is 81.1 Å². The van der Waals surface area contributed by atoms with Gasteiger partial charge in [0.25, 0.3) is 0 Å². The van der Waals surface area contributed by atoms with Gasteiger partial charge in [-0.1, -0.05) is 0 Å². The standard InChI is InChI=1S/C20H32N2O7.C4H6O3/c1-19(2,3)28-17(25)21-11-7-9-13(21)15(23)27-16(24)14-10-8-12-22(14)18(26)29-20(4,5)6;1-3(5)7-4(2)6/h13-14H,7-12H2,1-6H3;1-2H3. The molecule has 0 aromatic rings. The van der Waals surface area contributed by atoms with Crippen molar-refractivity contribution >= 4 is 36.1 Å². The van der Waals surface area contributed by atoms with Crippen molar-refractivity contribution in [1.82, 2.24) is 9.80 Å². The van der Waals surface area contributed by atoms with Gasteiger partial charge in [-0.2, -0.15) is 0 Å². The van der Waals surface area contributed by atoms with Crippen LogP contribution in [-0.2, 0) is 38.1 Å². The summed E-state index contributed by atoms with van der Waals surface area (Å²) in [6, 6.07) is -1.74. The maximum Gasteiger partial charge on any atom is 0.411 e. The molecule has 2 heterocycles. The van der Waals surface area contributed by atoms with E-state index in [2.05, 4.69) is 4.74 Å². The first-order chi connectivity index (χ1) is 16.4. The molecular weight excluding hydrogens is 476 g/mol. The van der Waals surface area contributed by atoms with Gasteiger partial charge in [-0.15, -0.1) is 0 Å². The highest BCUT2D eigenvalue weighted by atomic mass is 16.6. The molecule has 2 unspecified atom stereocenters. The molecule has 2 aliphatic rings. The topological polar surface area (TPSA) is 146 Å². The van der Waals surface area contributed by atoms with Gasteiger partial charge in [0.1, 0.15) is 23.3 Å². The van der Waals surface area contributed by atoms with Crippen LogP contribution in [0.3, 0.4) is 0 Å². The van der Waals surface area contributed by atoms with Gasteiger partial charge in [0.2, 0.25) is 0 Å². The van der Waals surface area contributed by atoms with E-state index < -0.39 is 59.3 Å². The van der Waals surface area contributed by atoms with E-state index in [-0.39, 0.29) is 0 Å². The van der Waals surface area contributed by atoms with Crippen molar-refractivity contribution < 1.29 is 47.7 Å². The van der Waals surface area contributed by atoms with E-state index in [0.717, 1.165) is 0 Å². The molecule has 0 aromatic carbocycles. The lowest BCUT2D eigenvalue weighted by Gasteiger charge is -2.29. The van der Waals surface area contributed by atoms with Crippen LogP contribution in [0, 0.1) is 0 Å². The first kappa shape index (κ1) is 30.9. The summed E-state index contributed by atoms with van der Waals surface area (Å²) in [5.41, 5.74) is -1.39. The van der Waals surface area contributed by atoms with Crippen molar-refractivity contribution in [2.45, 2.75) is 104 Å². The molecule has 0 spiro atoms. The van der Waals surface area contributed by atoms with E-state index in [1.807, 2.05) is 0 Å². The van der Waals surface area contributed by atoms with E-state index in [9.17, 15) is 28.8 Å². The molecule has 2 saturated heterocycles. The van der Waals surface area contributed by atoms with Crippen LogP contribution in [0.2, 0.25) is 0 Å². The van der Waals surface area contributed by atoms with Crippen LogP contribution in [0.5, 0.6) is 0 Å². The third kappa shape index (κ3) is 10.6. The molecule has 0 N–H and O–H groups in total. The molecule has 12 heteroatoms. The van der Waals surface area contributed by atoms with Crippen molar-refractivity contribution in [1.29, 1.82) is 0 Å². The number of ether oxygens (including phenoxy) is 4. The van der Waals surface area contributed by atoms with Crippen molar-refractivity contribution in [3.63, 3.8) is 0 Å². The number of carbonyl (C=O) groups excluding carboxylic acids is 6. The molecule has 0 aromatic heterocycles. The second-order valence-electron chi connectivity index (χ2n) is 10.5. The summed E-state index contributed by atoms with van der Waals surface area (Å²) in [6.07, 6.45) is 0.792. The largest absolute Gasteiger partial charge is 0.444 e. The van der Waals surface area contributed by atoms with E-state index in [4.69, 9.17) is 14.2 Å². The number of nitrogens with zero attached hydrogens (tertiary/aromatic N) is 2. The number of carbonyl (C=O) groups is 6. The fourth-order valence-corrected chi connectivity index (χ4v) is 3.54. The van der Waals surface area contributed by atoms with Crippen LogP contribution >= 0.6 is 0 Å². The molecule has 36 heavy (non-hydrogen) atoms. The Labute approximate surface area is 211 Å². The monoisotopic (exact) mass is 514 g/mol. The average molecular weight is 515 g/mol. The molecule has 2 aliphatic heterocycles. The predicted molar refractivity (Wildman–Crippen MR) is 125 cm³/mol. The summed E-state index contributed by atoms with van der Waals surface area (Å²) in [7, 11) is 0. The molecule has 0 bridgehead atoms. The van der Waals surface area contributed by atoms with Gasteiger partial charge < -0.3 is 18.9 Å². The van der Waals surface area contributed by atoms with Crippen LogP contribution in [0.15, 0.2) is 0 Å². The number of likely N-dealkylation sites (tertiary alicyclic amines) is 2. The molecule has 0 saturated carbocycles. The quantitative estimate of drug-likeness (QED) is 0.306. The van der Waals surface area contributed by atoms with Crippen LogP contribution in [-0.4, -0.2) is 82.2 Å². The Morgan fingerprint density at radius 2 is 0.944 bits per heavy atom. The number of hydrogen-bond donors (Lipinski definition) is 0. The minimum Gasteiger partial charge on any atom is -0.444 e. The molecule has 2 fully saturated rings. The zero-order valence-electron chi connectivity index (χ0n) is 22.4. The summed E-state index contributed by atoms with van der Waals surface area (Å²) in [4.78, 5) is 72.0. The van der Waals surface area contributed by atoms with Crippen molar-refractivity contribution in [3.8, 4) is 0 Å². The maximum absolute atomic E-state index is 12.6. The van der Waals surface area contributed by atoms with Gasteiger partial charge >= 0.3 is 36.1 Å². The van der Waals surface area contributed by atoms with Crippen molar-refractivity contribution in [2.24, 2.45) is 0 Å². The normalized spacial score (nSPS) is 19.6. The molecule has 2 amide bonds. The van der Waals surface area contributed by atoms with Crippen LogP contribution in [0.4, 0.5) is 9.59 Å². The van der Waals surface area contributed by atoms with Gasteiger partial charge in [0, 0.05) is 26.9 Å². The SMILES string of the molecule is CC(=O)OC(C)=O.CC(C)(C)OC(=O)N1CCCC1C(=O)OC(=O)C1CCCN1C(=O)OC(C)(C)C. The molecule has 204 valence electrons. The Morgan fingerprint density at radius 3 is 1.19 bits per heavy atom. The van der Waals surface area contributed by atoms with Crippen LogP contribution < -0.4 is 0 Å². The second kappa shape index (κ2) is 12.7. The summed E-state index contributed by atoms with van der Waals surface area (Å²) < 4.78 is 19.7. The highest BCUT2D eigenvalue weighted by molar-refractivity contribution is 5.94. The zero-order chi connectivity index (χ0) is 27.8. The second-order valence-corrected chi connectivity index (χ2v) is 10.5. The van der Waals surface area contributed by atoms with Gasteiger partial charge in [0.15, 0.2) is 0 Å². The Balaban J connectivity index is 0.000000809. The smallest absolute Gasteiger partial charge is 0.411 e. The van der Waals surface area contributed by atoms with Crippen molar-refractivity contribution in [3.05, 3.63) is 0 Å². The Kier molecular flexibility index (Phi) is 10.9. The fraction of sp³-hybridized carbons (Fsp3) is 0.750. The number of esters is 4. The van der Waals surface area contributed by atoms with Crippen LogP contribution in [0.25, 0.3) is 0 Å². The first-order valence-corrected chi connectivity index (χ1v) is 11.8. The highest BCUT2D eigenvalue weighted by Gasteiger charge is 2.42. The molecule has 2 atom stereocenters. The van der Waals surface area contributed by atoms with Gasteiger partial charge in [0.05, 0.1) is 0 Å². The van der Waals surface area contributed by atoms with E-state index in [1.165, 1.54) is 23.6 Å². The molecule has 12 nitrogen and oxygen atoms in total. The summed E-state index contributed by atoms with van der Waals surface area (Å²) in [6.45, 7) is 13.5. The molecule has 2 rings (SSSR count). The van der Waals surface area contributed by atoms with Gasteiger partial charge in [-0.25, -0.2) is 19.2 Å². The third-order valence-corrected chi connectivity index (χ3v) is 4.79. The maximum atomic E-state index is 12.6.